The second-order valence-corrected chi connectivity index (χ2v) is 4.72. The lowest BCUT2D eigenvalue weighted by Crippen LogP contribution is -1.98. The van der Waals surface area contributed by atoms with Gasteiger partial charge >= 0.3 is 0 Å². The third-order valence-electron chi connectivity index (χ3n) is 2.49. The molecule has 6 heteroatoms. The third-order valence-corrected chi connectivity index (χ3v) is 3.56. The molecule has 0 spiro atoms. The molecular weight excluding hydrogens is 236 g/mol. The molecule has 0 saturated carbocycles. The number of nitrogens with zero attached hydrogens (tertiary/aromatic N) is 4. The van der Waals surface area contributed by atoms with Crippen LogP contribution >= 0.6 is 11.8 Å². The van der Waals surface area contributed by atoms with Crippen molar-refractivity contribution in [2.75, 3.05) is 0 Å². The highest BCUT2D eigenvalue weighted by Crippen LogP contribution is 2.30. The smallest absolute Gasteiger partial charge is 0.197 e. The molecule has 0 aromatic carbocycles. The average Bonchev–Trinajstić information content (AvgIpc) is 2.61. The van der Waals surface area contributed by atoms with Crippen molar-refractivity contribution in [3.8, 4) is 0 Å². The molecule has 2 aromatic heterocycles. The van der Waals surface area contributed by atoms with E-state index in [2.05, 4.69) is 15.2 Å². The SMILES string of the molecule is Cc1nnc(Sc2ncccc2C(C)O)n1C. The van der Waals surface area contributed by atoms with E-state index in [1.54, 1.807) is 13.1 Å². The number of aromatic nitrogens is 4. The summed E-state index contributed by atoms with van der Waals surface area (Å²) in [5.41, 5.74) is 0.804. The summed E-state index contributed by atoms with van der Waals surface area (Å²) < 4.78 is 1.89. The van der Waals surface area contributed by atoms with Crippen LogP contribution < -0.4 is 0 Å². The number of hydrogen-bond acceptors (Lipinski definition) is 5. The fourth-order valence-corrected chi connectivity index (χ4v) is 2.36. The molecular formula is C11H14N4OS. The summed E-state index contributed by atoms with van der Waals surface area (Å²) in [5, 5.41) is 19.2. The minimum atomic E-state index is -0.541. The van der Waals surface area contributed by atoms with E-state index in [1.807, 2.05) is 30.7 Å². The zero-order valence-electron chi connectivity index (χ0n) is 9.95. The molecule has 2 rings (SSSR count). The zero-order valence-corrected chi connectivity index (χ0v) is 10.8. The van der Waals surface area contributed by atoms with Crippen LogP contribution in [0.5, 0.6) is 0 Å². The van der Waals surface area contributed by atoms with Gasteiger partial charge in [-0.3, -0.25) is 0 Å². The molecule has 1 atom stereocenters. The average molecular weight is 250 g/mol. The maximum atomic E-state index is 9.66. The Morgan fingerprint density at radius 3 is 2.76 bits per heavy atom. The van der Waals surface area contributed by atoms with Crippen LogP contribution in [0.4, 0.5) is 0 Å². The van der Waals surface area contributed by atoms with Crippen LogP contribution in [-0.4, -0.2) is 24.9 Å². The fourth-order valence-electron chi connectivity index (χ4n) is 1.37. The van der Waals surface area contributed by atoms with Gasteiger partial charge in [-0.1, -0.05) is 6.07 Å². The molecule has 0 saturated heterocycles. The van der Waals surface area contributed by atoms with Crippen molar-refractivity contribution in [3.05, 3.63) is 29.7 Å². The van der Waals surface area contributed by atoms with Gasteiger partial charge in [-0.15, -0.1) is 10.2 Å². The van der Waals surface area contributed by atoms with Crippen molar-refractivity contribution < 1.29 is 5.11 Å². The van der Waals surface area contributed by atoms with Crippen molar-refractivity contribution >= 4 is 11.8 Å². The summed E-state index contributed by atoms with van der Waals surface area (Å²) in [6.45, 7) is 3.62. The molecule has 0 aliphatic carbocycles. The molecule has 2 heterocycles. The van der Waals surface area contributed by atoms with E-state index in [9.17, 15) is 5.11 Å². The molecule has 1 N–H and O–H groups in total. The van der Waals surface area contributed by atoms with Crippen LogP contribution in [0.2, 0.25) is 0 Å². The monoisotopic (exact) mass is 250 g/mol. The molecule has 0 bridgehead atoms. The first-order valence-electron chi connectivity index (χ1n) is 5.26. The van der Waals surface area contributed by atoms with Crippen LogP contribution in [0.1, 0.15) is 24.4 Å². The van der Waals surface area contributed by atoms with Crippen molar-refractivity contribution in [2.45, 2.75) is 30.1 Å². The van der Waals surface area contributed by atoms with Gasteiger partial charge < -0.3 is 9.67 Å². The Morgan fingerprint density at radius 1 is 1.41 bits per heavy atom. The Kier molecular flexibility index (Phi) is 3.44. The number of hydrogen-bond donors (Lipinski definition) is 1. The summed E-state index contributed by atoms with van der Waals surface area (Å²) in [5.74, 6) is 0.849. The standard InChI is InChI=1S/C11H14N4OS/c1-7(16)9-5-4-6-12-10(9)17-11-14-13-8(2)15(11)3/h4-7,16H,1-3H3. The second-order valence-electron chi connectivity index (χ2n) is 3.76. The summed E-state index contributed by atoms with van der Waals surface area (Å²) in [6.07, 6.45) is 1.16. The summed E-state index contributed by atoms with van der Waals surface area (Å²) in [6, 6.07) is 3.68. The Morgan fingerprint density at radius 2 is 2.18 bits per heavy atom. The van der Waals surface area contributed by atoms with E-state index in [0.29, 0.717) is 0 Å². The third kappa shape index (κ3) is 2.48. The van der Waals surface area contributed by atoms with E-state index < -0.39 is 6.10 Å². The highest BCUT2D eigenvalue weighted by molar-refractivity contribution is 7.99. The van der Waals surface area contributed by atoms with Crippen LogP contribution in [-0.2, 0) is 7.05 Å². The quantitative estimate of drug-likeness (QED) is 0.898. The summed E-state index contributed by atoms with van der Waals surface area (Å²) in [4.78, 5) is 4.27. The predicted molar refractivity (Wildman–Crippen MR) is 64.7 cm³/mol. The minimum Gasteiger partial charge on any atom is -0.389 e. The van der Waals surface area contributed by atoms with E-state index in [4.69, 9.17) is 0 Å². The van der Waals surface area contributed by atoms with Gasteiger partial charge in [0, 0.05) is 18.8 Å². The van der Waals surface area contributed by atoms with Gasteiger partial charge in [-0.05, 0) is 31.7 Å². The van der Waals surface area contributed by atoms with Gasteiger partial charge in [-0.25, -0.2) is 4.98 Å². The first-order valence-corrected chi connectivity index (χ1v) is 6.08. The minimum absolute atomic E-state index is 0.541. The van der Waals surface area contributed by atoms with Gasteiger partial charge in [0.05, 0.1) is 6.10 Å². The number of aryl methyl sites for hydroxylation is 1. The first-order chi connectivity index (χ1) is 8.09. The highest BCUT2D eigenvalue weighted by Gasteiger charge is 2.13. The van der Waals surface area contributed by atoms with Gasteiger partial charge in [0.15, 0.2) is 5.16 Å². The van der Waals surface area contributed by atoms with Crippen LogP contribution in [0.15, 0.2) is 28.5 Å². The Bertz CT molecular complexity index is 524. The highest BCUT2D eigenvalue weighted by atomic mass is 32.2. The molecule has 0 aliphatic heterocycles. The fraction of sp³-hybridized carbons (Fsp3) is 0.364. The van der Waals surface area contributed by atoms with Crippen molar-refractivity contribution in [2.24, 2.45) is 7.05 Å². The lowest BCUT2D eigenvalue weighted by molar-refractivity contribution is 0.195. The van der Waals surface area contributed by atoms with Crippen molar-refractivity contribution in [1.82, 2.24) is 19.7 Å². The van der Waals surface area contributed by atoms with Crippen LogP contribution in [0.25, 0.3) is 0 Å². The van der Waals surface area contributed by atoms with Gasteiger partial charge in [0.2, 0.25) is 0 Å². The van der Waals surface area contributed by atoms with Crippen molar-refractivity contribution in [1.29, 1.82) is 0 Å². The number of aliphatic hydroxyl groups excluding tert-OH is 1. The normalized spacial score (nSPS) is 12.7. The molecule has 0 amide bonds. The number of pyridine rings is 1. The molecule has 1 unspecified atom stereocenters. The molecule has 17 heavy (non-hydrogen) atoms. The molecule has 90 valence electrons. The van der Waals surface area contributed by atoms with Gasteiger partial charge in [0.1, 0.15) is 10.9 Å². The predicted octanol–water partition coefficient (Wildman–Crippen LogP) is 1.72. The van der Waals surface area contributed by atoms with E-state index in [1.165, 1.54) is 11.8 Å². The number of rotatable bonds is 3. The van der Waals surface area contributed by atoms with E-state index >= 15 is 0 Å². The first kappa shape index (κ1) is 12.1. The lowest BCUT2D eigenvalue weighted by Gasteiger charge is -2.09. The Labute approximate surface area is 104 Å². The zero-order chi connectivity index (χ0) is 12.4. The molecule has 0 aliphatic rings. The van der Waals surface area contributed by atoms with Gasteiger partial charge in [-0.2, -0.15) is 0 Å². The molecule has 2 aromatic rings. The molecule has 5 nitrogen and oxygen atoms in total. The van der Waals surface area contributed by atoms with Crippen molar-refractivity contribution in [3.63, 3.8) is 0 Å². The largest absolute Gasteiger partial charge is 0.389 e. The van der Waals surface area contributed by atoms with Crippen LogP contribution in [0.3, 0.4) is 0 Å². The maximum Gasteiger partial charge on any atom is 0.197 e. The topological polar surface area (TPSA) is 63.8 Å². The lowest BCUT2D eigenvalue weighted by atomic mass is 10.2. The number of aliphatic hydroxyl groups is 1. The van der Waals surface area contributed by atoms with E-state index in [-0.39, 0.29) is 0 Å². The summed E-state index contributed by atoms with van der Waals surface area (Å²) in [7, 11) is 1.91. The molecule has 0 radical (unpaired) electrons. The Balaban J connectivity index is 2.33. The second kappa shape index (κ2) is 4.85. The van der Waals surface area contributed by atoms with Crippen LogP contribution in [0, 0.1) is 6.92 Å². The van der Waals surface area contributed by atoms with E-state index in [0.717, 1.165) is 21.6 Å². The summed E-state index contributed by atoms with van der Waals surface area (Å²) >= 11 is 1.41. The maximum absolute atomic E-state index is 9.66. The Hall–Kier alpha value is -1.40. The molecule has 0 fully saturated rings. The van der Waals surface area contributed by atoms with Gasteiger partial charge in [0.25, 0.3) is 0 Å².